The van der Waals surface area contributed by atoms with Crippen LogP contribution in [-0.2, 0) is 14.8 Å². The number of quaternary nitrogens is 1. The van der Waals surface area contributed by atoms with Gasteiger partial charge in [0, 0.05) is 6.04 Å². The Bertz CT molecular complexity index is 708. The normalized spacial score (nSPS) is 20.9. The minimum Gasteiger partial charge on any atom is -0.497 e. The minimum atomic E-state index is -3.50. The molecule has 1 aromatic rings. The SMILES string of the molecule is COc1ccc(S(=O)(=O)N2CC[NH+]([C@H](C)C(=O)NC3CC3)CC2)cc1. The second-order valence-electron chi connectivity index (χ2n) is 6.74. The smallest absolute Gasteiger partial charge is 0.278 e. The number of carbonyl (C=O) groups is 1. The predicted octanol–water partition coefficient (Wildman–Crippen LogP) is -0.748. The van der Waals surface area contributed by atoms with E-state index in [0.29, 0.717) is 38.0 Å². The summed E-state index contributed by atoms with van der Waals surface area (Å²) in [6.45, 7) is 4.03. The Balaban J connectivity index is 1.59. The minimum absolute atomic E-state index is 0.0731. The molecule has 138 valence electrons. The van der Waals surface area contributed by atoms with Crippen molar-refractivity contribution in [3.8, 4) is 5.75 Å². The summed E-state index contributed by atoms with van der Waals surface area (Å²) >= 11 is 0. The molecule has 7 nitrogen and oxygen atoms in total. The van der Waals surface area contributed by atoms with Crippen molar-refractivity contribution in [2.24, 2.45) is 0 Å². The third-order valence-corrected chi connectivity index (χ3v) is 6.90. The molecule has 1 saturated heterocycles. The molecular formula is C17H26N3O4S+. The van der Waals surface area contributed by atoms with E-state index in [1.54, 1.807) is 31.4 Å². The van der Waals surface area contributed by atoms with Crippen LogP contribution in [0.5, 0.6) is 5.75 Å². The fourth-order valence-corrected chi connectivity index (χ4v) is 4.52. The maximum atomic E-state index is 12.7. The lowest BCUT2D eigenvalue weighted by Crippen LogP contribution is -3.19. The number of carbonyl (C=O) groups excluding carboxylic acids is 1. The molecule has 1 atom stereocenters. The molecule has 1 heterocycles. The van der Waals surface area contributed by atoms with Crippen LogP contribution in [0.3, 0.4) is 0 Å². The highest BCUT2D eigenvalue weighted by molar-refractivity contribution is 7.89. The van der Waals surface area contributed by atoms with Crippen LogP contribution in [-0.4, -0.2) is 64.0 Å². The van der Waals surface area contributed by atoms with Crippen molar-refractivity contribution in [2.45, 2.75) is 36.7 Å². The molecule has 1 aliphatic heterocycles. The highest BCUT2D eigenvalue weighted by Crippen LogP contribution is 2.20. The fourth-order valence-electron chi connectivity index (χ4n) is 3.08. The number of nitrogens with one attached hydrogen (secondary N) is 2. The zero-order valence-electron chi connectivity index (χ0n) is 14.7. The predicted molar refractivity (Wildman–Crippen MR) is 93.1 cm³/mol. The van der Waals surface area contributed by atoms with Crippen LogP contribution in [0.1, 0.15) is 19.8 Å². The van der Waals surface area contributed by atoms with Gasteiger partial charge >= 0.3 is 0 Å². The van der Waals surface area contributed by atoms with E-state index in [9.17, 15) is 13.2 Å². The van der Waals surface area contributed by atoms with Gasteiger partial charge in [-0.25, -0.2) is 8.42 Å². The number of hydrogen-bond acceptors (Lipinski definition) is 4. The number of methoxy groups -OCH3 is 1. The summed E-state index contributed by atoms with van der Waals surface area (Å²) in [6.07, 6.45) is 2.14. The zero-order chi connectivity index (χ0) is 18.0. The van der Waals surface area contributed by atoms with Crippen molar-refractivity contribution >= 4 is 15.9 Å². The van der Waals surface area contributed by atoms with Gasteiger partial charge in [0.25, 0.3) is 5.91 Å². The molecule has 1 amide bonds. The van der Waals surface area contributed by atoms with E-state index in [2.05, 4.69) is 5.32 Å². The Morgan fingerprint density at radius 3 is 2.36 bits per heavy atom. The molecule has 1 saturated carbocycles. The van der Waals surface area contributed by atoms with E-state index in [4.69, 9.17) is 4.74 Å². The lowest BCUT2D eigenvalue weighted by Gasteiger charge is -2.34. The van der Waals surface area contributed by atoms with Gasteiger partial charge in [0.1, 0.15) is 5.75 Å². The second kappa shape index (κ2) is 7.31. The van der Waals surface area contributed by atoms with Crippen molar-refractivity contribution in [3.05, 3.63) is 24.3 Å². The molecule has 25 heavy (non-hydrogen) atoms. The lowest BCUT2D eigenvalue weighted by atomic mass is 10.2. The van der Waals surface area contributed by atoms with E-state index in [1.165, 1.54) is 4.31 Å². The maximum absolute atomic E-state index is 12.7. The number of benzene rings is 1. The Morgan fingerprint density at radius 1 is 1.24 bits per heavy atom. The number of sulfonamides is 1. The summed E-state index contributed by atoms with van der Waals surface area (Å²) in [4.78, 5) is 13.6. The number of piperazine rings is 1. The molecule has 0 unspecified atom stereocenters. The summed E-state index contributed by atoms with van der Waals surface area (Å²) in [6, 6.07) is 6.65. The van der Waals surface area contributed by atoms with Crippen molar-refractivity contribution in [2.75, 3.05) is 33.3 Å². The number of nitrogens with zero attached hydrogens (tertiary/aromatic N) is 1. The summed E-state index contributed by atoms with van der Waals surface area (Å²) in [5.74, 6) is 0.702. The molecule has 0 radical (unpaired) electrons. The van der Waals surface area contributed by atoms with Gasteiger partial charge in [0.2, 0.25) is 10.0 Å². The largest absolute Gasteiger partial charge is 0.497 e. The molecule has 1 aliphatic carbocycles. The summed E-state index contributed by atoms with van der Waals surface area (Å²) in [5, 5.41) is 3.03. The van der Waals surface area contributed by atoms with Crippen molar-refractivity contribution < 1.29 is 22.8 Å². The lowest BCUT2D eigenvalue weighted by molar-refractivity contribution is -0.917. The van der Waals surface area contributed by atoms with Gasteiger partial charge in [0.05, 0.1) is 38.2 Å². The highest BCUT2D eigenvalue weighted by atomic mass is 32.2. The number of rotatable bonds is 6. The van der Waals surface area contributed by atoms with E-state index < -0.39 is 10.0 Å². The summed E-state index contributed by atoms with van der Waals surface area (Å²) in [7, 11) is -1.95. The van der Waals surface area contributed by atoms with Crippen LogP contribution in [0.2, 0.25) is 0 Å². The quantitative estimate of drug-likeness (QED) is 0.693. The topological polar surface area (TPSA) is 80.2 Å². The highest BCUT2D eigenvalue weighted by Gasteiger charge is 2.35. The van der Waals surface area contributed by atoms with Gasteiger partial charge in [-0.15, -0.1) is 0 Å². The van der Waals surface area contributed by atoms with E-state index >= 15 is 0 Å². The Morgan fingerprint density at radius 2 is 1.84 bits per heavy atom. The third kappa shape index (κ3) is 4.13. The van der Waals surface area contributed by atoms with E-state index in [0.717, 1.165) is 17.7 Å². The molecule has 2 aliphatic rings. The van der Waals surface area contributed by atoms with Crippen LogP contribution < -0.4 is 15.0 Å². The van der Waals surface area contributed by atoms with Crippen LogP contribution in [0.4, 0.5) is 0 Å². The van der Waals surface area contributed by atoms with Crippen molar-refractivity contribution in [1.29, 1.82) is 0 Å². The molecule has 2 fully saturated rings. The first-order valence-corrected chi connectivity index (χ1v) is 10.1. The Kier molecular flexibility index (Phi) is 5.31. The number of amides is 1. The third-order valence-electron chi connectivity index (χ3n) is 4.99. The summed E-state index contributed by atoms with van der Waals surface area (Å²) in [5.41, 5.74) is 0. The first-order chi connectivity index (χ1) is 11.9. The van der Waals surface area contributed by atoms with Gasteiger partial charge in [-0.1, -0.05) is 0 Å². The van der Waals surface area contributed by atoms with Crippen LogP contribution >= 0.6 is 0 Å². The van der Waals surface area contributed by atoms with E-state index in [-0.39, 0.29) is 16.8 Å². The first-order valence-electron chi connectivity index (χ1n) is 8.71. The first kappa shape index (κ1) is 18.2. The average molecular weight is 368 g/mol. The number of ether oxygens (including phenoxy) is 1. The van der Waals surface area contributed by atoms with Gasteiger partial charge < -0.3 is 15.0 Å². The average Bonchev–Trinajstić information content (AvgIpc) is 3.45. The molecule has 1 aromatic carbocycles. The summed E-state index contributed by atoms with van der Waals surface area (Å²) < 4.78 is 32.1. The molecule has 0 spiro atoms. The van der Waals surface area contributed by atoms with E-state index in [1.807, 2.05) is 6.92 Å². The molecule has 0 aromatic heterocycles. The van der Waals surface area contributed by atoms with Gasteiger partial charge in [-0.2, -0.15) is 4.31 Å². The Labute approximate surface area is 149 Å². The standard InChI is InChI=1S/C17H25N3O4S/c1-13(17(21)18-14-3-4-14)19-9-11-20(12-10-19)25(22,23)16-7-5-15(24-2)6-8-16/h5-8,13-14H,3-4,9-12H2,1-2H3,(H,18,21)/p+1/t13-/m1/s1. The molecule has 0 bridgehead atoms. The van der Waals surface area contributed by atoms with Crippen molar-refractivity contribution in [3.63, 3.8) is 0 Å². The van der Waals surface area contributed by atoms with Gasteiger partial charge in [0.15, 0.2) is 6.04 Å². The molecule has 8 heteroatoms. The molecular weight excluding hydrogens is 342 g/mol. The monoisotopic (exact) mass is 368 g/mol. The Hall–Kier alpha value is -1.64. The second-order valence-corrected chi connectivity index (χ2v) is 8.68. The fraction of sp³-hybridized carbons (Fsp3) is 0.588. The van der Waals surface area contributed by atoms with Crippen LogP contribution in [0, 0.1) is 0 Å². The molecule has 3 rings (SSSR count). The van der Waals surface area contributed by atoms with Gasteiger partial charge in [-0.05, 0) is 44.0 Å². The van der Waals surface area contributed by atoms with Crippen molar-refractivity contribution in [1.82, 2.24) is 9.62 Å². The van der Waals surface area contributed by atoms with Crippen LogP contribution in [0.15, 0.2) is 29.2 Å². The number of hydrogen-bond donors (Lipinski definition) is 2. The maximum Gasteiger partial charge on any atom is 0.278 e. The van der Waals surface area contributed by atoms with Gasteiger partial charge in [-0.3, -0.25) is 4.79 Å². The molecule has 2 N–H and O–H groups in total. The zero-order valence-corrected chi connectivity index (χ0v) is 15.5. The van der Waals surface area contributed by atoms with Crippen LogP contribution in [0.25, 0.3) is 0 Å².